The molecule has 32 heavy (non-hydrogen) atoms. The van der Waals surface area contributed by atoms with Gasteiger partial charge in [-0.25, -0.2) is 4.79 Å². The minimum absolute atomic E-state index is 0.148. The van der Waals surface area contributed by atoms with Crippen LogP contribution in [0, 0.1) is 6.92 Å². The normalized spacial score (nSPS) is 15.9. The Kier molecular flexibility index (Phi) is 7.61. The van der Waals surface area contributed by atoms with E-state index in [1.54, 1.807) is 19.2 Å². The van der Waals surface area contributed by atoms with Gasteiger partial charge in [-0.05, 0) is 61.5 Å². The van der Waals surface area contributed by atoms with Gasteiger partial charge in [-0.3, -0.25) is 9.69 Å². The molecule has 0 spiro atoms. The van der Waals surface area contributed by atoms with E-state index in [1.165, 1.54) is 6.92 Å². The first-order valence-corrected chi connectivity index (χ1v) is 10.6. The summed E-state index contributed by atoms with van der Waals surface area (Å²) in [6.07, 6.45) is 0. The first-order chi connectivity index (χ1) is 15.3. The molecule has 1 aliphatic heterocycles. The van der Waals surface area contributed by atoms with Crippen molar-refractivity contribution in [3.63, 3.8) is 0 Å². The lowest BCUT2D eigenvalue weighted by atomic mass is 9.94. The predicted molar refractivity (Wildman–Crippen MR) is 128 cm³/mol. The minimum Gasteiger partial charge on any atom is -0.460 e. The second-order valence-electron chi connectivity index (χ2n) is 7.49. The Hall–Kier alpha value is -3.23. The molecular formula is C24H27N3O4S. The van der Waals surface area contributed by atoms with Crippen LogP contribution in [0.4, 0.5) is 11.4 Å². The number of rotatable bonds is 7. The molecule has 0 saturated heterocycles. The van der Waals surface area contributed by atoms with E-state index >= 15 is 0 Å². The molecule has 0 bridgehead atoms. The number of amides is 1. The molecule has 2 aromatic rings. The van der Waals surface area contributed by atoms with Gasteiger partial charge in [0.15, 0.2) is 5.11 Å². The lowest BCUT2D eigenvalue weighted by molar-refractivity contribution is -0.140. The highest BCUT2D eigenvalue weighted by atomic mass is 32.1. The summed E-state index contributed by atoms with van der Waals surface area (Å²) in [6.45, 7) is 5.77. The van der Waals surface area contributed by atoms with Crippen LogP contribution in [0.15, 0.2) is 59.8 Å². The van der Waals surface area contributed by atoms with Crippen LogP contribution in [-0.4, -0.2) is 37.3 Å². The topological polar surface area (TPSA) is 79.9 Å². The summed E-state index contributed by atoms with van der Waals surface area (Å²) in [5, 5.41) is 6.52. The number of carbonyl (C=O) groups is 2. The van der Waals surface area contributed by atoms with Gasteiger partial charge in [-0.2, -0.15) is 0 Å². The van der Waals surface area contributed by atoms with Gasteiger partial charge in [0.05, 0.1) is 18.2 Å². The maximum absolute atomic E-state index is 13.1. The number of hydrogen-bond donors (Lipinski definition) is 2. The van der Waals surface area contributed by atoms with E-state index in [4.69, 9.17) is 21.7 Å². The highest BCUT2D eigenvalue weighted by Crippen LogP contribution is 2.34. The lowest BCUT2D eigenvalue weighted by Gasteiger charge is -2.37. The van der Waals surface area contributed by atoms with E-state index < -0.39 is 12.0 Å². The molecule has 3 rings (SSSR count). The number of methoxy groups -OCH3 is 1. The molecule has 1 amide bonds. The number of carbonyl (C=O) groups excluding carboxylic acids is 2. The predicted octanol–water partition coefficient (Wildman–Crippen LogP) is 3.85. The number of hydrogen-bond acceptors (Lipinski definition) is 5. The van der Waals surface area contributed by atoms with E-state index in [1.807, 2.05) is 55.1 Å². The van der Waals surface area contributed by atoms with Gasteiger partial charge in [0.1, 0.15) is 6.61 Å². The van der Waals surface area contributed by atoms with Crippen molar-refractivity contribution in [2.75, 3.05) is 30.5 Å². The summed E-state index contributed by atoms with van der Waals surface area (Å²) in [5.41, 5.74) is 4.59. The molecule has 1 atom stereocenters. The first-order valence-electron chi connectivity index (χ1n) is 10.2. The van der Waals surface area contributed by atoms with E-state index in [0.717, 1.165) is 16.8 Å². The van der Waals surface area contributed by atoms with Crippen molar-refractivity contribution in [3.05, 3.63) is 70.9 Å². The van der Waals surface area contributed by atoms with Crippen molar-refractivity contribution in [1.82, 2.24) is 5.32 Å². The van der Waals surface area contributed by atoms with Crippen LogP contribution in [0.2, 0.25) is 0 Å². The Morgan fingerprint density at radius 2 is 1.84 bits per heavy atom. The van der Waals surface area contributed by atoms with Crippen LogP contribution in [0.3, 0.4) is 0 Å². The van der Waals surface area contributed by atoms with Gasteiger partial charge >= 0.3 is 5.97 Å². The fraction of sp³-hybridized carbons (Fsp3) is 0.292. The molecule has 0 radical (unpaired) electrons. The average molecular weight is 454 g/mol. The zero-order valence-corrected chi connectivity index (χ0v) is 19.4. The second kappa shape index (κ2) is 10.4. The Labute approximate surface area is 193 Å². The number of nitrogens with zero attached hydrogens (tertiary/aromatic N) is 1. The number of nitrogens with one attached hydrogen (secondary N) is 2. The molecule has 1 aliphatic rings. The molecule has 8 heteroatoms. The highest BCUT2D eigenvalue weighted by Gasteiger charge is 2.35. The second-order valence-corrected chi connectivity index (χ2v) is 7.87. The van der Waals surface area contributed by atoms with Gasteiger partial charge in [0.2, 0.25) is 5.91 Å². The number of ether oxygens (including phenoxy) is 2. The number of allylic oxidation sites excluding steroid dienone is 1. The third kappa shape index (κ3) is 5.33. The number of benzene rings is 2. The molecule has 2 N–H and O–H groups in total. The Morgan fingerprint density at radius 3 is 2.47 bits per heavy atom. The number of anilines is 2. The molecule has 168 valence electrons. The first kappa shape index (κ1) is 23.4. The van der Waals surface area contributed by atoms with Crippen LogP contribution in [0.5, 0.6) is 0 Å². The minimum atomic E-state index is -0.495. The van der Waals surface area contributed by atoms with Crippen molar-refractivity contribution in [3.8, 4) is 0 Å². The van der Waals surface area contributed by atoms with Gasteiger partial charge in [0, 0.05) is 31.1 Å². The van der Waals surface area contributed by atoms with Crippen LogP contribution in [-0.2, 0) is 19.1 Å². The van der Waals surface area contributed by atoms with E-state index in [-0.39, 0.29) is 12.5 Å². The summed E-state index contributed by atoms with van der Waals surface area (Å²) in [4.78, 5) is 26.3. The molecule has 0 fully saturated rings. The fourth-order valence-corrected chi connectivity index (χ4v) is 3.95. The maximum atomic E-state index is 13.1. The van der Waals surface area contributed by atoms with Crippen LogP contribution in [0.25, 0.3) is 0 Å². The SMILES string of the molecule is COCCOC(=O)C1=C(C)N(c2cccc(C)c2)C(=S)NC1c1ccc(NC(C)=O)cc1. The van der Waals surface area contributed by atoms with Crippen molar-refractivity contribution >= 4 is 40.6 Å². The maximum Gasteiger partial charge on any atom is 0.338 e. The third-order valence-corrected chi connectivity index (χ3v) is 5.35. The summed E-state index contributed by atoms with van der Waals surface area (Å²) >= 11 is 5.69. The number of thiocarbonyl (C=S) groups is 1. The Morgan fingerprint density at radius 1 is 1.12 bits per heavy atom. The summed E-state index contributed by atoms with van der Waals surface area (Å²) in [5.74, 6) is -0.593. The molecule has 0 saturated carbocycles. The van der Waals surface area contributed by atoms with Crippen molar-refractivity contribution in [1.29, 1.82) is 0 Å². The molecule has 2 aromatic carbocycles. The molecule has 7 nitrogen and oxygen atoms in total. The third-order valence-electron chi connectivity index (χ3n) is 5.05. The van der Waals surface area contributed by atoms with E-state index in [2.05, 4.69) is 10.6 Å². The lowest BCUT2D eigenvalue weighted by Crippen LogP contribution is -2.48. The van der Waals surface area contributed by atoms with Crippen LogP contribution >= 0.6 is 12.2 Å². The fourth-order valence-electron chi connectivity index (χ4n) is 3.59. The summed E-state index contributed by atoms with van der Waals surface area (Å²) < 4.78 is 10.5. The summed E-state index contributed by atoms with van der Waals surface area (Å²) in [6, 6.07) is 14.7. The van der Waals surface area contributed by atoms with Crippen molar-refractivity contribution < 1.29 is 19.1 Å². The van der Waals surface area contributed by atoms with E-state index in [0.29, 0.717) is 28.7 Å². The van der Waals surface area contributed by atoms with Gasteiger partial charge < -0.3 is 20.1 Å². The Balaban J connectivity index is 2.03. The van der Waals surface area contributed by atoms with Crippen molar-refractivity contribution in [2.45, 2.75) is 26.8 Å². The zero-order chi connectivity index (χ0) is 23.3. The highest BCUT2D eigenvalue weighted by molar-refractivity contribution is 7.80. The smallest absolute Gasteiger partial charge is 0.338 e. The van der Waals surface area contributed by atoms with E-state index in [9.17, 15) is 9.59 Å². The standard InChI is InChI=1S/C24H27N3O4S/c1-15-6-5-7-20(14-15)27-16(2)21(23(29)31-13-12-30-4)22(26-24(27)32)18-8-10-19(11-9-18)25-17(3)28/h5-11,14,22H,12-13H2,1-4H3,(H,25,28)(H,26,32). The molecule has 1 heterocycles. The molecule has 0 aromatic heterocycles. The molecule has 1 unspecified atom stereocenters. The van der Waals surface area contributed by atoms with Gasteiger partial charge in [0.25, 0.3) is 0 Å². The zero-order valence-electron chi connectivity index (χ0n) is 18.6. The molecular weight excluding hydrogens is 426 g/mol. The average Bonchev–Trinajstić information content (AvgIpc) is 2.73. The monoisotopic (exact) mass is 453 g/mol. The van der Waals surface area contributed by atoms with Gasteiger partial charge in [-0.15, -0.1) is 0 Å². The largest absolute Gasteiger partial charge is 0.460 e. The summed E-state index contributed by atoms with van der Waals surface area (Å²) in [7, 11) is 1.55. The van der Waals surface area contributed by atoms with Gasteiger partial charge in [-0.1, -0.05) is 24.3 Å². The number of esters is 1. The molecule has 0 aliphatic carbocycles. The van der Waals surface area contributed by atoms with Crippen molar-refractivity contribution in [2.24, 2.45) is 0 Å². The van der Waals surface area contributed by atoms with Crippen LogP contribution < -0.4 is 15.5 Å². The Bertz CT molecular complexity index is 1050. The number of aryl methyl sites for hydroxylation is 1. The quantitative estimate of drug-likeness (QED) is 0.374. The van der Waals surface area contributed by atoms with Crippen LogP contribution in [0.1, 0.15) is 31.0 Å².